The maximum absolute atomic E-state index is 6.17. The summed E-state index contributed by atoms with van der Waals surface area (Å²) in [6.45, 7) is 8.68. The van der Waals surface area contributed by atoms with E-state index in [9.17, 15) is 0 Å². The van der Waals surface area contributed by atoms with Crippen LogP contribution in [0.2, 0.25) is 0 Å². The highest BCUT2D eigenvalue weighted by Gasteiger charge is 2.50. The number of rotatable bonds is 7. The second-order valence-electron chi connectivity index (χ2n) is 6.03. The molecule has 0 saturated heterocycles. The van der Waals surface area contributed by atoms with E-state index in [4.69, 9.17) is 4.74 Å². The Morgan fingerprint density at radius 3 is 2.60 bits per heavy atom. The summed E-state index contributed by atoms with van der Waals surface area (Å²) in [5, 5.41) is 3.66. The van der Waals surface area contributed by atoms with Crippen LogP contribution in [0.15, 0.2) is 28.7 Å². The predicted octanol–water partition coefficient (Wildman–Crippen LogP) is 4.52. The van der Waals surface area contributed by atoms with Crippen LogP contribution in [0.25, 0.3) is 0 Å². The van der Waals surface area contributed by atoms with Gasteiger partial charge >= 0.3 is 0 Å². The highest BCUT2D eigenvalue weighted by molar-refractivity contribution is 9.10. The van der Waals surface area contributed by atoms with Crippen LogP contribution in [0.3, 0.4) is 0 Å². The van der Waals surface area contributed by atoms with Crippen LogP contribution in [0, 0.1) is 5.41 Å². The normalized spacial score (nSPS) is 29.2. The quantitative estimate of drug-likeness (QED) is 0.788. The van der Waals surface area contributed by atoms with Gasteiger partial charge in [0, 0.05) is 15.9 Å². The first-order valence-corrected chi connectivity index (χ1v) is 8.49. The number of benzene rings is 1. The third-order valence-corrected chi connectivity index (χ3v) is 5.28. The van der Waals surface area contributed by atoms with Gasteiger partial charge in [-0.3, -0.25) is 0 Å². The molecule has 2 nitrogen and oxygen atoms in total. The maximum Gasteiger partial charge on any atom is 0.0720 e. The molecule has 3 unspecified atom stereocenters. The first-order chi connectivity index (χ1) is 9.60. The van der Waals surface area contributed by atoms with Gasteiger partial charge < -0.3 is 10.1 Å². The standard InChI is InChI=1S/C17H26BrNO/c1-4-10-19-15-11-16(17(15,3)5-2)20-12-13-6-8-14(18)9-7-13/h6-9,15-16,19H,4-5,10-12H2,1-3H3. The zero-order valence-corrected chi connectivity index (χ0v) is 14.4. The second kappa shape index (κ2) is 7.06. The smallest absolute Gasteiger partial charge is 0.0720 e. The van der Waals surface area contributed by atoms with Crippen molar-refractivity contribution in [1.29, 1.82) is 0 Å². The molecule has 1 N–H and O–H groups in total. The van der Waals surface area contributed by atoms with Crippen molar-refractivity contribution in [2.45, 2.75) is 58.8 Å². The van der Waals surface area contributed by atoms with Crippen LogP contribution in [0.4, 0.5) is 0 Å². The highest BCUT2D eigenvalue weighted by atomic mass is 79.9. The average molecular weight is 340 g/mol. The average Bonchev–Trinajstić information content (AvgIpc) is 2.46. The molecule has 1 aliphatic rings. The molecule has 3 atom stereocenters. The molecule has 1 fully saturated rings. The Labute approximate surface area is 131 Å². The lowest BCUT2D eigenvalue weighted by atomic mass is 9.61. The van der Waals surface area contributed by atoms with Gasteiger partial charge in [0.2, 0.25) is 0 Å². The molecule has 20 heavy (non-hydrogen) atoms. The summed E-state index contributed by atoms with van der Waals surface area (Å²) in [7, 11) is 0. The fraction of sp³-hybridized carbons (Fsp3) is 0.647. The summed E-state index contributed by atoms with van der Waals surface area (Å²) in [6.07, 6.45) is 3.88. The van der Waals surface area contributed by atoms with Crippen LogP contribution in [0.5, 0.6) is 0 Å². The Morgan fingerprint density at radius 1 is 1.30 bits per heavy atom. The van der Waals surface area contributed by atoms with E-state index >= 15 is 0 Å². The number of hydrogen-bond acceptors (Lipinski definition) is 2. The number of hydrogen-bond donors (Lipinski definition) is 1. The first kappa shape index (κ1) is 16.0. The zero-order chi connectivity index (χ0) is 14.6. The topological polar surface area (TPSA) is 21.3 Å². The number of ether oxygens (including phenoxy) is 1. The van der Waals surface area contributed by atoms with Gasteiger partial charge in [-0.2, -0.15) is 0 Å². The Balaban J connectivity index is 1.86. The molecule has 1 aliphatic carbocycles. The molecule has 0 spiro atoms. The Hall–Kier alpha value is -0.380. The van der Waals surface area contributed by atoms with Crippen molar-refractivity contribution in [3.05, 3.63) is 34.3 Å². The highest BCUT2D eigenvalue weighted by Crippen LogP contribution is 2.46. The van der Waals surface area contributed by atoms with Crippen LogP contribution in [0.1, 0.15) is 45.6 Å². The molecule has 0 aromatic heterocycles. The molecule has 112 valence electrons. The SMILES string of the molecule is CCCNC1CC(OCc2ccc(Br)cc2)C1(C)CC. The van der Waals surface area contributed by atoms with Crippen molar-refractivity contribution >= 4 is 15.9 Å². The van der Waals surface area contributed by atoms with Crippen molar-refractivity contribution in [3.63, 3.8) is 0 Å². The fourth-order valence-corrected chi connectivity index (χ4v) is 3.23. The van der Waals surface area contributed by atoms with Gasteiger partial charge in [0.1, 0.15) is 0 Å². The Bertz CT molecular complexity index is 420. The molecule has 0 aliphatic heterocycles. The summed E-state index contributed by atoms with van der Waals surface area (Å²) >= 11 is 3.46. The lowest BCUT2D eigenvalue weighted by Gasteiger charge is -2.54. The van der Waals surface area contributed by atoms with E-state index in [0.29, 0.717) is 18.8 Å². The van der Waals surface area contributed by atoms with E-state index in [0.717, 1.165) is 17.4 Å². The maximum atomic E-state index is 6.17. The lowest BCUT2D eigenvalue weighted by molar-refractivity contribution is -0.135. The van der Waals surface area contributed by atoms with Crippen LogP contribution in [-0.2, 0) is 11.3 Å². The molecule has 0 radical (unpaired) electrons. The van der Waals surface area contributed by atoms with Crippen molar-refractivity contribution in [3.8, 4) is 0 Å². The molecule has 2 rings (SSSR count). The molecule has 1 aromatic carbocycles. The first-order valence-electron chi connectivity index (χ1n) is 7.69. The minimum atomic E-state index is 0.282. The molecular weight excluding hydrogens is 314 g/mol. The van der Waals surface area contributed by atoms with Crippen molar-refractivity contribution in [2.24, 2.45) is 5.41 Å². The molecule has 1 aromatic rings. The number of halogens is 1. The van der Waals surface area contributed by atoms with E-state index in [1.807, 2.05) is 0 Å². The van der Waals surface area contributed by atoms with E-state index < -0.39 is 0 Å². The zero-order valence-electron chi connectivity index (χ0n) is 12.8. The third-order valence-electron chi connectivity index (χ3n) is 4.75. The van der Waals surface area contributed by atoms with Crippen molar-refractivity contribution in [1.82, 2.24) is 5.32 Å². The predicted molar refractivity (Wildman–Crippen MR) is 87.8 cm³/mol. The molecular formula is C17H26BrNO. The van der Waals surface area contributed by atoms with Crippen LogP contribution in [-0.4, -0.2) is 18.7 Å². The molecule has 0 bridgehead atoms. The van der Waals surface area contributed by atoms with Gasteiger partial charge in [-0.05, 0) is 43.5 Å². The van der Waals surface area contributed by atoms with E-state index in [1.165, 1.54) is 18.4 Å². The molecule has 0 heterocycles. The minimum absolute atomic E-state index is 0.282. The van der Waals surface area contributed by atoms with E-state index in [1.54, 1.807) is 0 Å². The minimum Gasteiger partial charge on any atom is -0.373 e. The van der Waals surface area contributed by atoms with Crippen molar-refractivity contribution in [2.75, 3.05) is 6.54 Å². The lowest BCUT2D eigenvalue weighted by Crippen LogP contribution is -2.62. The number of nitrogens with one attached hydrogen (secondary N) is 1. The second-order valence-corrected chi connectivity index (χ2v) is 6.94. The summed E-state index contributed by atoms with van der Waals surface area (Å²) in [6, 6.07) is 9.01. The monoisotopic (exact) mass is 339 g/mol. The molecule has 0 amide bonds. The third kappa shape index (κ3) is 3.44. The fourth-order valence-electron chi connectivity index (χ4n) is 2.96. The van der Waals surface area contributed by atoms with Gasteiger partial charge in [-0.15, -0.1) is 0 Å². The molecule has 3 heteroatoms. The summed E-state index contributed by atoms with van der Waals surface area (Å²) in [5.41, 5.74) is 1.53. The van der Waals surface area contributed by atoms with Gasteiger partial charge in [0.25, 0.3) is 0 Å². The van der Waals surface area contributed by atoms with Gasteiger partial charge in [0.15, 0.2) is 0 Å². The van der Waals surface area contributed by atoms with Crippen molar-refractivity contribution < 1.29 is 4.74 Å². The van der Waals surface area contributed by atoms with Gasteiger partial charge in [-0.1, -0.05) is 48.8 Å². The van der Waals surface area contributed by atoms with Gasteiger partial charge in [0.05, 0.1) is 12.7 Å². The largest absolute Gasteiger partial charge is 0.373 e. The van der Waals surface area contributed by atoms with Crippen LogP contribution < -0.4 is 5.32 Å². The Kier molecular flexibility index (Phi) is 5.65. The summed E-state index contributed by atoms with van der Waals surface area (Å²) in [5.74, 6) is 0. The van der Waals surface area contributed by atoms with Crippen LogP contribution >= 0.6 is 15.9 Å². The molecule has 1 saturated carbocycles. The summed E-state index contributed by atoms with van der Waals surface area (Å²) < 4.78 is 7.28. The van der Waals surface area contributed by atoms with E-state index in [-0.39, 0.29) is 5.41 Å². The summed E-state index contributed by atoms with van der Waals surface area (Å²) in [4.78, 5) is 0. The van der Waals surface area contributed by atoms with Gasteiger partial charge in [-0.25, -0.2) is 0 Å². The Morgan fingerprint density at radius 2 is 2.00 bits per heavy atom. The van der Waals surface area contributed by atoms with E-state index in [2.05, 4.69) is 66.3 Å².